The summed E-state index contributed by atoms with van der Waals surface area (Å²) >= 11 is 5.86. The number of nitrogen functional groups attached to an aromatic ring is 1. The average molecular weight is 306 g/mol. The van der Waals surface area contributed by atoms with Gasteiger partial charge in [0.25, 0.3) is 5.91 Å². The van der Waals surface area contributed by atoms with Gasteiger partial charge in [0.15, 0.2) is 0 Å². The van der Waals surface area contributed by atoms with Crippen LogP contribution in [0.2, 0.25) is 5.15 Å². The van der Waals surface area contributed by atoms with Crippen molar-refractivity contribution in [2.75, 3.05) is 17.7 Å². The number of rotatable bonds is 4. The van der Waals surface area contributed by atoms with E-state index in [0.717, 1.165) is 5.56 Å². The summed E-state index contributed by atoms with van der Waals surface area (Å²) in [5, 5.41) is 3.15. The Kier molecular flexibility index (Phi) is 4.65. The standard InChI is InChI=1S/C15H16ClN3O2/c1-3-21-12-6-4-5-11(17)13(12)15(20)19-10-7-9(2)14(16)18-8-10/h4-8H,3,17H2,1-2H3,(H,19,20). The van der Waals surface area contributed by atoms with Gasteiger partial charge in [0, 0.05) is 5.69 Å². The van der Waals surface area contributed by atoms with Crippen LogP contribution in [0.3, 0.4) is 0 Å². The summed E-state index contributed by atoms with van der Waals surface area (Å²) in [6, 6.07) is 6.85. The van der Waals surface area contributed by atoms with Gasteiger partial charge in [-0.1, -0.05) is 17.7 Å². The maximum Gasteiger partial charge on any atom is 0.261 e. The lowest BCUT2D eigenvalue weighted by Crippen LogP contribution is -2.16. The van der Waals surface area contributed by atoms with E-state index in [2.05, 4.69) is 10.3 Å². The van der Waals surface area contributed by atoms with Crippen molar-refractivity contribution in [3.63, 3.8) is 0 Å². The largest absolute Gasteiger partial charge is 0.493 e. The number of benzene rings is 1. The van der Waals surface area contributed by atoms with Crippen LogP contribution in [-0.2, 0) is 0 Å². The highest BCUT2D eigenvalue weighted by Gasteiger charge is 2.16. The van der Waals surface area contributed by atoms with Crippen LogP contribution in [0.4, 0.5) is 11.4 Å². The van der Waals surface area contributed by atoms with Crippen molar-refractivity contribution in [2.24, 2.45) is 0 Å². The lowest BCUT2D eigenvalue weighted by atomic mass is 10.1. The van der Waals surface area contributed by atoms with Crippen LogP contribution in [0.15, 0.2) is 30.5 Å². The molecule has 0 bridgehead atoms. The summed E-state index contributed by atoms with van der Waals surface area (Å²) in [6.07, 6.45) is 1.49. The molecule has 0 atom stereocenters. The van der Waals surface area contributed by atoms with Crippen molar-refractivity contribution in [2.45, 2.75) is 13.8 Å². The number of aromatic nitrogens is 1. The second-order valence-electron chi connectivity index (χ2n) is 4.44. The monoisotopic (exact) mass is 305 g/mol. The minimum atomic E-state index is -0.347. The number of hydrogen-bond donors (Lipinski definition) is 2. The Morgan fingerprint density at radius 3 is 2.90 bits per heavy atom. The SMILES string of the molecule is CCOc1cccc(N)c1C(=O)Nc1cnc(Cl)c(C)c1. The number of pyridine rings is 1. The van der Waals surface area contributed by atoms with Gasteiger partial charge in [-0.3, -0.25) is 4.79 Å². The highest BCUT2D eigenvalue weighted by atomic mass is 35.5. The van der Waals surface area contributed by atoms with Crippen LogP contribution in [0, 0.1) is 6.92 Å². The first-order valence-corrected chi connectivity index (χ1v) is 6.85. The molecule has 0 fully saturated rings. The highest BCUT2D eigenvalue weighted by Crippen LogP contribution is 2.26. The first-order chi connectivity index (χ1) is 10.0. The van der Waals surface area contributed by atoms with Crippen LogP contribution in [0.1, 0.15) is 22.8 Å². The van der Waals surface area contributed by atoms with E-state index in [1.54, 1.807) is 24.3 Å². The molecule has 0 radical (unpaired) electrons. The van der Waals surface area contributed by atoms with Gasteiger partial charge >= 0.3 is 0 Å². The van der Waals surface area contributed by atoms with Crippen LogP contribution in [-0.4, -0.2) is 17.5 Å². The van der Waals surface area contributed by atoms with E-state index in [-0.39, 0.29) is 5.91 Å². The van der Waals surface area contributed by atoms with E-state index >= 15 is 0 Å². The average Bonchev–Trinajstić information content (AvgIpc) is 2.43. The Morgan fingerprint density at radius 2 is 2.24 bits per heavy atom. The van der Waals surface area contributed by atoms with Gasteiger partial charge in [-0.05, 0) is 37.6 Å². The number of carbonyl (C=O) groups is 1. The zero-order valence-corrected chi connectivity index (χ0v) is 12.6. The Labute approximate surface area is 128 Å². The number of nitrogens with one attached hydrogen (secondary N) is 1. The number of nitrogens with two attached hydrogens (primary N) is 1. The summed E-state index contributed by atoms with van der Waals surface area (Å²) in [5.74, 6) is 0.105. The number of halogens is 1. The molecule has 0 spiro atoms. The molecule has 0 aliphatic carbocycles. The lowest BCUT2D eigenvalue weighted by molar-refractivity contribution is 0.102. The molecule has 0 aliphatic rings. The molecule has 6 heteroatoms. The second kappa shape index (κ2) is 6.45. The fourth-order valence-corrected chi connectivity index (χ4v) is 1.99. The molecule has 0 saturated carbocycles. The van der Waals surface area contributed by atoms with Gasteiger partial charge in [0.05, 0.1) is 18.5 Å². The Bertz CT molecular complexity index is 674. The zero-order chi connectivity index (χ0) is 15.4. The van der Waals surface area contributed by atoms with E-state index in [1.807, 2.05) is 13.8 Å². The summed E-state index contributed by atoms with van der Waals surface area (Å²) in [6.45, 7) is 4.11. The van der Waals surface area contributed by atoms with Crippen LogP contribution < -0.4 is 15.8 Å². The molecule has 1 aromatic heterocycles. The second-order valence-corrected chi connectivity index (χ2v) is 4.80. The first kappa shape index (κ1) is 15.1. The molecule has 3 N–H and O–H groups in total. The highest BCUT2D eigenvalue weighted by molar-refractivity contribution is 6.30. The van der Waals surface area contributed by atoms with Gasteiger partial charge in [-0.25, -0.2) is 4.98 Å². The molecule has 21 heavy (non-hydrogen) atoms. The van der Waals surface area contributed by atoms with Crippen molar-refractivity contribution >= 4 is 28.9 Å². The fourth-order valence-electron chi connectivity index (χ4n) is 1.89. The maximum absolute atomic E-state index is 12.4. The smallest absolute Gasteiger partial charge is 0.261 e. The molecule has 2 aromatic rings. The van der Waals surface area contributed by atoms with E-state index in [1.165, 1.54) is 6.20 Å². The van der Waals surface area contributed by atoms with Crippen molar-refractivity contribution in [3.8, 4) is 5.75 Å². The third-order valence-electron chi connectivity index (χ3n) is 2.86. The van der Waals surface area contributed by atoms with Crippen molar-refractivity contribution < 1.29 is 9.53 Å². The first-order valence-electron chi connectivity index (χ1n) is 6.47. The molecule has 2 rings (SSSR count). The Morgan fingerprint density at radius 1 is 1.48 bits per heavy atom. The normalized spacial score (nSPS) is 10.2. The number of anilines is 2. The number of ether oxygens (including phenoxy) is 1. The van der Waals surface area contributed by atoms with Crippen molar-refractivity contribution in [1.29, 1.82) is 0 Å². The number of carbonyl (C=O) groups excluding carboxylic acids is 1. The summed E-state index contributed by atoms with van der Waals surface area (Å²) in [4.78, 5) is 16.4. The third-order valence-corrected chi connectivity index (χ3v) is 3.25. The molecule has 1 aromatic carbocycles. The van der Waals surface area contributed by atoms with Crippen LogP contribution in [0.5, 0.6) is 5.75 Å². The fraction of sp³-hybridized carbons (Fsp3) is 0.200. The molecule has 0 aliphatic heterocycles. The zero-order valence-electron chi connectivity index (χ0n) is 11.8. The topological polar surface area (TPSA) is 77.2 Å². The summed E-state index contributed by atoms with van der Waals surface area (Å²) in [7, 11) is 0. The van der Waals surface area contributed by atoms with Gasteiger partial charge in [0.2, 0.25) is 0 Å². The number of hydrogen-bond acceptors (Lipinski definition) is 4. The molecule has 5 nitrogen and oxygen atoms in total. The van der Waals surface area contributed by atoms with Gasteiger partial charge in [0.1, 0.15) is 16.5 Å². The number of aryl methyl sites for hydroxylation is 1. The predicted octanol–water partition coefficient (Wildman–Crippen LogP) is 3.28. The Hall–Kier alpha value is -2.27. The van der Waals surface area contributed by atoms with Crippen LogP contribution in [0.25, 0.3) is 0 Å². The minimum Gasteiger partial charge on any atom is -0.493 e. The van der Waals surface area contributed by atoms with E-state index in [9.17, 15) is 4.79 Å². The van der Waals surface area contributed by atoms with E-state index < -0.39 is 0 Å². The number of nitrogens with zero attached hydrogens (tertiary/aromatic N) is 1. The van der Waals surface area contributed by atoms with Crippen molar-refractivity contribution in [1.82, 2.24) is 4.98 Å². The minimum absolute atomic E-state index is 0.312. The molecule has 1 amide bonds. The van der Waals surface area contributed by atoms with Crippen LogP contribution >= 0.6 is 11.6 Å². The molecular weight excluding hydrogens is 290 g/mol. The Balaban J connectivity index is 2.29. The van der Waals surface area contributed by atoms with Gasteiger partial charge in [-0.15, -0.1) is 0 Å². The molecule has 0 saturated heterocycles. The van der Waals surface area contributed by atoms with Crippen molar-refractivity contribution in [3.05, 3.63) is 46.7 Å². The van der Waals surface area contributed by atoms with E-state index in [0.29, 0.717) is 34.4 Å². The maximum atomic E-state index is 12.4. The molecule has 0 unspecified atom stereocenters. The summed E-state index contributed by atoms with van der Waals surface area (Å²) in [5.41, 5.74) is 7.88. The quantitative estimate of drug-likeness (QED) is 0.671. The summed E-state index contributed by atoms with van der Waals surface area (Å²) < 4.78 is 5.44. The number of amides is 1. The molecule has 1 heterocycles. The molecular formula is C15H16ClN3O2. The lowest BCUT2D eigenvalue weighted by Gasteiger charge is -2.13. The third kappa shape index (κ3) is 3.44. The van der Waals surface area contributed by atoms with Gasteiger partial charge in [-0.2, -0.15) is 0 Å². The molecule has 110 valence electrons. The van der Waals surface area contributed by atoms with Gasteiger partial charge < -0.3 is 15.8 Å². The predicted molar refractivity (Wildman–Crippen MR) is 84.0 cm³/mol. The van der Waals surface area contributed by atoms with E-state index in [4.69, 9.17) is 22.1 Å².